The summed E-state index contributed by atoms with van der Waals surface area (Å²) in [5.74, 6) is 1.04. The van der Waals surface area contributed by atoms with Gasteiger partial charge in [0, 0.05) is 24.0 Å². The van der Waals surface area contributed by atoms with Gasteiger partial charge >= 0.3 is 0 Å². The predicted octanol–water partition coefficient (Wildman–Crippen LogP) is 1.41. The Labute approximate surface area is 140 Å². The molecule has 6 nitrogen and oxygen atoms in total. The van der Waals surface area contributed by atoms with Gasteiger partial charge in [-0.3, -0.25) is 0 Å². The molecule has 0 spiro atoms. The number of ether oxygens (including phenoxy) is 1. The van der Waals surface area contributed by atoms with E-state index in [0.29, 0.717) is 30.8 Å². The molecule has 0 aliphatic carbocycles. The highest BCUT2D eigenvalue weighted by Gasteiger charge is 2.20. The molecular weight excluding hydrogens is 316 g/mol. The van der Waals surface area contributed by atoms with E-state index in [9.17, 15) is 5.11 Å². The van der Waals surface area contributed by atoms with Crippen LogP contribution in [0.15, 0.2) is 30.6 Å². The van der Waals surface area contributed by atoms with Crippen LogP contribution < -0.4 is 5.32 Å². The second-order valence-electron chi connectivity index (χ2n) is 5.80. The normalized spacial score (nSPS) is 18.6. The van der Waals surface area contributed by atoms with Crippen LogP contribution in [-0.4, -0.2) is 45.2 Å². The van der Waals surface area contributed by atoms with E-state index in [2.05, 4.69) is 15.4 Å². The van der Waals surface area contributed by atoms with Crippen LogP contribution in [-0.2, 0) is 24.3 Å². The van der Waals surface area contributed by atoms with E-state index in [0.717, 1.165) is 30.8 Å². The zero-order valence-corrected chi connectivity index (χ0v) is 13.6. The molecule has 1 aromatic heterocycles. The zero-order valence-electron chi connectivity index (χ0n) is 12.9. The molecule has 1 aliphatic rings. The van der Waals surface area contributed by atoms with Gasteiger partial charge < -0.3 is 15.2 Å². The summed E-state index contributed by atoms with van der Waals surface area (Å²) < 4.78 is 7.47. The van der Waals surface area contributed by atoms with Gasteiger partial charge in [0.2, 0.25) is 0 Å². The minimum Gasteiger partial charge on any atom is -0.389 e. The molecule has 2 aromatic rings. The average Bonchev–Trinajstić information content (AvgIpc) is 3.02. The Hall–Kier alpha value is -1.47. The van der Waals surface area contributed by atoms with Crippen molar-refractivity contribution in [3.8, 4) is 0 Å². The Morgan fingerprint density at radius 2 is 2.22 bits per heavy atom. The monoisotopic (exact) mass is 336 g/mol. The van der Waals surface area contributed by atoms with Crippen LogP contribution in [0.1, 0.15) is 17.8 Å². The van der Waals surface area contributed by atoms with Crippen LogP contribution in [0.25, 0.3) is 0 Å². The maximum atomic E-state index is 10.0. The molecule has 0 fully saturated rings. The maximum absolute atomic E-state index is 10.0. The number of fused-ring (bicyclic) bond motifs is 1. The van der Waals surface area contributed by atoms with Gasteiger partial charge in [-0.25, -0.2) is 9.67 Å². The molecule has 0 amide bonds. The number of rotatable bonds is 7. The second kappa shape index (κ2) is 7.88. The summed E-state index contributed by atoms with van der Waals surface area (Å²) in [4.78, 5) is 4.21. The van der Waals surface area contributed by atoms with E-state index >= 15 is 0 Å². The minimum atomic E-state index is -0.528. The molecule has 23 heavy (non-hydrogen) atoms. The fourth-order valence-corrected chi connectivity index (χ4v) is 2.79. The van der Waals surface area contributed by atoms with Crippen LogP contribution in [0.4, 0.5) is 0 Å². The molecule has 1 aliphatic heterocycles. The third kappa shape index (κ3) is 4.75. The van der Waals surface area contributed by atoms with Crippen molar-refractivity contribution in [2.75, 3.05) is 13.2 Å². The first-order valence-corrected chi connectivity index (χ1v) is 8.19. The number of hydrogen-bond acceptors (Lipinski definition) is 5. The number of aryl methyl sites for hydroxylation is 1. The van der Waals surface area contributed by atoms with E-state index in [1.165, 1.54) is 0 Å². The minimum absolute atomic E-state index is 0.303. The summed E-state index contributed by atoms with van der Waals surface area (Å²) in [5, 5.41) is 18.3. The van der Waals surface area contributed by atoms with Gasteiger partial charge in [-0.1, -0.05) is 23.7 Å². The Bertz CT molecular complexity index is 617. The number of hydrogen-bond donors (Lipinski definition) is 2. The highest BCUT2D eigenvalue weighted by atomic mass is 35.5. The molecule has 3 rings (SSSR count). The smallest absolute Gasteiger partial charge is 0.138 e. The third-order valence-corrected chi connectivity index (χ3v) is 4.19. The molecule has 0 saturated heterocycles. The molecule has 0 saturated carbocycles. The summed E-state index contributed by atoms with van der Waals surface area (Å²) in [6, 6.07) is 7.82. The second-order valence-corrected chi connectivity index (χ2v) is 6.23. The van der Waals surface area contributed by atoms with Crippen molar-refractivity contribution in [1.29, 1.82) is 0 Å². The van der Waals surface area contributed by atoms with Crippen LogP contribution >= 0.6 is 11.6 Å². The van der Waals surface area contributed by atoms with E-state index in [4.69, 9.17) is 16.3 Å². The zero-order chi connectivity index (χ0) is 16.1. The van der Waals surface area contributed by atoms with Crippen molar-refractivity contribution in [1.82, 2.24) is 20.1 Å². The summed E-state index contributed by atoms with van der Waals surface area (Å²) >= 11 is 5.84. The number of halogens is 1. The Morgan fingerprint density at radius 1 is 1.39 bits per heavy atom. The lowest BCUT2D eigenvalue weighted by atomic mass is 10.1. The molecule has 2 heterocycles. The van der Waals surface area contributed by atoms with Gasteiger partial charge in [-0.15, -0.1) is 0 Å². The van der Waals surface area contributed by atoms with Crippen LogP contribution in [0.5, 0.6) is 0 Å². The quantitative estimate of drug-likeness (QED) is 0.800. The van der Waals surface area contributed by atoms with Gasteiger partial charge in [0.05, 0.1) is 25.9 Å². The van der Waals surface area contributed by atoms with E-state index < -0.39 is 6.10 Å². The third-order valence-electron chi connectivity index (χ3n) is 3.94. The largest absolute Gasteiger partial charge is 0.389 e. The highest BCUT2D eigenvalue weighted by molar-refractivity contribution is 6.30. The van der Waals surface area contributed by atoms with Crippen LogP contribution in [0.3, 0.4) is 0 Å². The Kier molecular flexibility index (Phi) is 5.61. The standard InChI is InChI=1S/C16H21ClN4O2/c17-13-3-1-12(2-4-13)9-23-10-15(22)7-18-14-5-6-16-19-11-20-21(16)8-14/h1-4,11,14-15,18,22H,5-10H2/t14-,15+/m0/s1. The van der Waals surface area contributed by atoms with Gasteiger partial charge in [-0.05, 0) is 24.1 Å². The van der Waals surface area contributed by atoms with Gasteiger partial charge in [0.1, 0.15) is 12.2 Å². The first-order valence-electron chi connectivity index (χ1n) is 7.81. The fourth-order valence-electron chi connectivity index (χ4n) is 2.66. The first-order chi connectivity index (χ1) is 11.2. The molecule has 7 heteroatoms. The molecule has 2 N–H and O–H groups in total. The highest BCUT2D eigenvalue weighted by Crippen LogP contribution is 2.12. The number of nitrogens with one attached hydrogen (secondary N) is 1. The molecular formula is C16H21ClN4O2. The Morgan fingerprint density at radius 3 is 3.04 bits per heavy atom. The van der Waals surface area contributed by atoms with E-state index in [1.54, 1.807) is 6.33 Å². The Balaban J connectivity index is 1.34. The molecule has 0 bridgehead atoms. The van der Waals surface area contributed by atoms with E-state index in [1.807, 2.05) is 28.9 Å². The first kappa shape index (κ1) is 16.4. The van der Waals surface area contributed by atoms with Crippen LogP contribution in [0.2, 0.25) is 5.02 Å². The number of aromatic nitrogens is 3. The molecule has 0 unspecified atom stereocenters. The summed E-state index contributed by atoms with van der Waals surface area (Å²) in [7, 11) is 0. The van der Waals surface area contributed by atoms with Crippen molar-refractivity contribution in [2.45, 2.75) is 38.1 Å². The summed E-state index contributed by atoms with van der Waals surface area (Å²) in [5.41, 5.74) is 1.04. The van der Waals surface area contributed by atoms with Crippen LogP contribution in [0, 0.1) is 0 Å². The van der Waals surface area contributed by atoms with Gasteiger partial charge in [0.25, 0.3) is 0 Å². The molecule has 124 valence electrons. The van der Waals surface area contributed by atoms with Gasteiger partial charge in [0.15, 0.2) is 0 Å². The number of benzene rings is 1. The summed E-state index contributed by atoms with van der Waals surface area (Å²) in [6.07, 6.45) is 2.99. The fraction of sp³-hybridized carbons (Fsp3) is 0.500. The maximum Gasteiger partial charge on any atom is 0.138 e. The molecule has 1 aromatic carbocycles. The molecule has 0 radical (unpaired) electrons. The van der Waals surface area contributed by atoms with Crippen molar-refractivity contribution < 1.29 is 9.84 Å². The lowest BCUT2D eigenvalue weighted by Gasteiger charge is -2.24. The number of aliphatic hydroxyl groups is 1. The summed E-state index contributed by atoms with van der Waals surface area (Å²) in [6.45, 7) is 2.08. The van der Waals surface area contributed by atoms with Crippen molar-refractivity contribution in [2.24, 2.45) is 0 Å². The average molecular weight is 337 g/mol. The lowest BCUT2D eigenvalue weighted by Crippen LogP contribution is -2.42. The van der Waals surface area contributed by atoms with Crippen molar-refractivity contribution in [3.05, 3.63) is 47.0 Å². The van der Waals surface area contributed by atoms with E-state index in [-0.39, 0.29) is 0 Å². The number of aliphatic hydroxyl groups excluding tert-OH is 1. The predicted molar refractivity (Wildman–Crippen MR) is 87.2 cm³/mol. The van der Waals surface area contributed by atoms with Crippen molar-refractivity contribution in [3.63, 3.8) is 0 Å². The number of nitrogens with zero attached hydrogens (tertiary/aromatic N) is 3. The SMILES string of the molecule is O[C@H](CN[C@H]1CCc2ncnn2C1)COCc1ccc(Cl)cc1. The van der Waals surface area contributed by atoms with Gasteiger partial charge in [-0.2, -0.15) is 5.10 Å². The van der Waals surface area contributed by atoms with Crippen molar-refractivity contribution >= 4 is 11.6 Å². The molecule has 2 atom stereocenters. The lowest BCUT2D eigenvalue weighted by molar-refractivity contribution is 0.0269. The topological polar surface area (TPSA) is 72.2 Å².